The van der Waals surface area contributed by atoms with Gasteiger partial charge in [-0.25, -0.2) is 14.8 Å². The summed E-state index contributed by atoms with van der Waals surface area (Å²) in [6, 6.07) is 0. The van der Waals surface area contributed by atoms with Crippen molar-refractivity contribution in [2.75, 3.05) is 44.7 Å². The van der Waals surface area contributed by atoms with Crippen LogP contribution in [0.25, 0.3) is 0 Å². The predicted octanol–water partition coefficient (Wildman–Crippen LogP) is 1.12. The number of nitrogens with zero attached hydrogens (tertiary/aromatic N) is 4. The molecule has 8 nitrogen and oxygen atoms in total. The molecule has 1 fully saturated rings. The summed E-state index contributed by atoms with van der Waals surface area (Å²) in [5.41, 5.74) is -0.243. The highest BCUT2D eigenvalue weighted by Crippen LogP contribution is 2.14. The minimum absolute atomic E-state index is 0.167. The summed E-state index contributed by atoms with van der Waals surface area (Å²) < 4.78 is 9.94. The monoisotopic (exact) mass is 350 g/mol. The molecule has 0 bridgehead atoms. The predicted molar refractivity (Wildman–Crippen MR) is 92.5 cm³/mol. The molecule has 0 radical (unpaired) electrons. The first-order valence-corrected chi connectivity index (χ1v) is 8.38. The molecule has 0 unspecified atom stereocenters. The number of esters is 2. The number of carbonyl (C=O) groups is 2. The summed E-state index contributed by atoms with van der Waals surface area (Å²) in [6.45, 7) is 9.56. The van der Waals surface area contributed by atoms with Crippen LogP contribution in [0.5, 0.6) is 0 Å². The molecular formula is C17H26N4O4. The van der Waals surface area contributed by atoms with Gasteiger partial charge in [0.1, 0.15) is 11.4 Å². The second kappa shape index (κ2) is 8.24. The van der Waals surface area contributed by atoms with E-state index >= 15 is 0 Å². The summed E-state index contributed by atoms with van der Waals surface area (Å²) in [7, 11) is 1.31. The van der Waals surface area contributed by atoms with Crippen LogP contribution in [0.15, 0.2) is 12.4 Å². The lowest BCUT2D eigenvalue weighted by molar-refractivity contribution is -0.155. The summed E-state index contributed by atoms with van der Waals surface area (Å²) >= 11 is 0. The molecule has 0 spiro atoms. The summed E-state index contributed by atoms with van der Waals surface area (Å²) in [6.07, 6.45) is 3.41. The molecular weight excluding hydrogens is 324 g/mol. The molecule has 8 heteroatoms. The maximum Gasteiger partial charge on any atom is 0.358 e. The Morgan fingerprint density at radius 2 is 1.80 bits per heavy atom. The molecule has 1 aromatic heterocycles. The van der Waals surface area contributed by atoms with Gasteiger partial charge in [-0.15, -0.1) is 0 Å². The van der Waals surface area contributed by atoms with Crippen LogP contribution in [-0.2, 0) is 14.3 Å². The molecule has 1 saturated heterocycles. The van der Waals surface area contributed by atoms with Crippen molar-refractivity contribution < 1.29 is 19.1 Å². The number of carbonyl (C=O) groups excluding carboxylic acids is 2. The number of aromatic nitrogens is 2. The molecule has 0 aliphatic carbocycles. The fourth-order valence-electron chi connectivity index (χ4n) is 2.54. The maximum atomic E-state index is 11.8. The summed E-state index contributed by atoms with van der Waals surface area (Å²) in [5, 5.41) is 0. The van der Waals surface area contributed by atoms with Crippen molar-refractivity contribution in [1.29, 1.82) is 0 Å². The molecule has 0 N–H and O–H groups in total. The number of hydrogen-bond donors (Lipinski definition) is 0. The molecule has 1 aliphatic rings. The van der Waals surface area contributed by atoms with E-state index in [9.17, 15) is 9.59 Å². The molecule has 25 heavy (non-hydrogen) atoms. The lowest BCUT2D eigenvalue weighted by atomic mass is 10.2. The third kappa shape index (κ3) is 5.97. The Kier molecular flexibility index (Phi) is 6.30. The molecule has 2 heterocycles. The van der Waals surface area contributed by atoms with E-state index in [2.05, 4.69) is 24.5 Å². The number of hydrogen-bond acceptors (Lipinski definition) is 8. The van der Waals surface area contributed by atoms with Crippen LogP contribution in [0.2, 0.25) is 0 Å². The van der Waals surface area contributed by atoms with Crippen molar-refractivity contribution >= 4 is 17.8 Å². The number of rotatable bonds is 5. The normalized spacial score (nSPS) is 15.8. The van der Waals surface area contributed by atoms with Crippen molar-refractivity contribution in [3.8, 4) is 0 Å². The van der Waals surface area contributed by atoms with Gasteiger partial charge < -0.3 is 14.4 Å². The van der Waals surface area contributed by atoms with Gasteiger partial charge in [-0.1, -0.05) is 0 Å². The van der Waals surface area contributed by atoms with Crippen LogP contribution in [-0.4, -0.2) is 72.2 Å². The Labute approximate surface area is 148 Å². The van der Waals surface area contributed by atoms with E-state index in [0.717, 1.165) is 32.0 Å². The quantitative estimate of drug-likeness (QED) is 0.730. The first-order valence-electron chi connectivity index (χ1n) is 8.38. The standard InChI is InChI=1S/C17H26N4O4/c1-17(2,3)25-15(22)5-6-20-7-9-21(10-8-20)14-12-18-13(11-19-14)16(23)24-4/h11-12H,5-10H2,1-4H3. The zero-order valence-electron chi connectivity index (χ0n) is 15.3. The average Bonchev–Trinajstić information content (AvgIpc) is 2.58. The summed E-state index contributed by atoms with van der Waals surface area (Å²) in [5.74, 6) is 0.0738. The number of piperazine rings is 1. The lowest BCUT2D eigenvalue weighted by Gasteiger charge is -2.35. The average molecular weight is 350 g/mol. The van der Waals surface area contributed by atoms with Gasteiger partial charge in [0.05, 0.1) is 25.9 Å². The van der Waals surface area contributed by atoms with Crippen molar-refractivity contribution in [2.45, 2.75) is 32.8 Å². The van der Waals surface area contributed by atoms with Crippen molar-refractivity contribution in [1.82, 2.24) is 14.9 Å². The Hall–Kier alpha value is -2.22. The van der Waals surface area contributed by atoms with Gasteiger partial charge in [0.15, 0.2) is 5.69 Å². The lowest BCUT2D eigenvalue weighted by Crippen LogP contribution is -2.47. The molecule has 2 rings (SSSR count). The summed E-state index contributed by atoms with van der Waals surface area (Å²) in [4.78, 5) is 35.9. The van der Waals surface area contributed by atoms with E-state index in [4.69, 9.17) is 4.74 Å². The fraction of sp³-hybridized carbons (Fsp3) is 0.647. The first-order chi connectivity index (χ1) is 11.8. The van der Waals surface area contributed by atoms with Gasteiger partial charge in [-0.3, -0.25) is 9.69 Å². The largest absolute Gasteiger partial charge is 0.464 e. The SMILES string of the molecule is COC(=O)c1cnc(N2CCN(CCC(=O)OC(C)(C)C)CC2)cn1. The van der Waals surface area contributed by atoms with Crippen LogP contribution in [0.3, 0.4) is 0 Å². The zero-order chi connectivity index (χ0) is 18.4. The fourth-order valence-corrected chi connectivity index (χ4v) is 2.54. The van der Waals surface area contributed by atoms with Crippen LogP contribution >= 0.6 is 0 Å². The van der Waals surface area contributed by atoms with E-state index in [1.165, 1.54) is 13.3 Å². The highest BCUT2D eigenvalue weighted by atomic mass is 16.6. The van der Waals surface area contributed by atoms with E-state index in [1.807, 2.05) is 20.8 Å². The number of anilines is 1. The van der Waals surface area contributed by atoms with Gasteiger partial charge in [0.25, 0.3) is 0 Å². The third-order valence-electron chi connectivity index (χ3n) is 3.78. The highest BCUT2D eigenvalue weighted by molar-refractivity contribution is 5.86. The van der Waals surface area contributed by atoms with Crippen LogP contribution in [0, 0.1) is 0 Å². The van der Waals surface area contributed by atoms with Gasteiger partial charge >= 0.3 is 11.9 Å². The van der Waals surface area contributed by atoms with Gasteiger partial charge in [0, 0.05) is 32.7 Å². The topological polar surface area (TPSA) is 84.9 Å². The van der Waals surface area contributed by atoms with E-state index < -0.39 is 11.6 Å². The van der Waals surface area contributed by atoms with Gasteiger partial charge in [-0.2, -0.15) is 0 Å². The minimum Gasteiger partial charge on any atom is -0.464 e. The number of ether oxygens (including phenoxy) is 2. The molecule has 1 aromatic rings. The van der Waals surface area contributed by atoms with Crippen LogP contribution < -0.4 is 4.90 Å². The maximum absolute atomic E-state index is 11.8. The van der Waals surface area contributed by atoms with E-state index in [-0.39, 0.29) is 11.7 Å². The smallest absolute Gasteiger partial charge is 0.358 e. The Morgan fingerprint density at radius 3 is 2.32 bits per heavy atom. The highest BCUT2D eigenvalue weighted by Gasteiger charge is 2.21. The Balaban J connectivity index is 1.77. The Morgan fingerprint density at radius 1 is 1.12 bits per heavy atom. The molecule has 1 aliphatic heterocycles. The number of methoxy groups -OCH3 is 1. The van der Waals surface area contributed by atoms with E-state index in [1.54, 1.807) is 6.20 Å². The zero-order valence-corrected chi connectivity index (χ0v) is 15.3. The molecule has 0 amide bonds. The second-order valence-corrected chi connectivity index (χ2v) is 6.92. The molecule has 138 valence electrons. The molecule has 0 aromatic carbocycles. The minimum atomic E-state index is -0.494. The van der Waals surface area contributed by atoms with Crippen LogP contribution in [0.4, 0.5) is 5.82 Å². The van der Waals surface area contributed by atoms with Gasteiger partial charge in [-0.05, 0) is 20.8 Å². The van der Waals surface area contributed by atoms with Crippen LogP contribution in [0.1, 0.15) is 37.7 Å². The third-order valence-corrected chi connectivity index (χ3v) is 3.78. The second-order valence-electron chi connectivity index (χ2n) is 6.92. The first kappa shape index (κ1) is 19.1. The molecule has 0 saturated carbocycles. The molecule has 0 atom stereocenters. The van der Waals surface area contributed by atoms with Crippen molar-refractivity contribution in [3.05, 3.63) is 18.1 Å². The van der Waals surface area contributed by atoms with Crippen molar-refractivity contribution in [2.24, 2.45) is 0 Å². The van der Waals surface area contributed by atoms with Crippen molar-refractivity contribution in [3.63, 3.8) is 0 Å². The van der Waals surface area contributed by atoms with Gasteiger partial charge in [0.2, 0.25) is 0 Å². The van der Waals surface area contributed by atoms with E-state index in [0.29, 0.717) is 13.0 Å². The Bertz CT molecular complexity index is 590.